The molecule has 660 valence electrons. The Bertz CT molecular complexity index is 6410. The van der Waals surface area contributed by atoms with Gasteiger partial charge in [0.25, 0.3) is 5.91 Å². The number of aromatic nitrogens is 4. The first-order chi connectivity index (χ1) is 61.5. The molecule has 128 heavy (non-hydrogen) atoms. The molecule has 0 saturated heterocycles. The van der Waals surface area contributed by atoms with E-state index < -0.39 is 47.1 Å². The van der Waals surface area contributed by atoms with Crippen LogP contribution in [-0.2, 0) is 68.4 Å². The van der Waals surface area contributed by atoms with Crippen LogP contribution in [0.1, 0.15) is 109 Å². The number of methoxy groups -OCH3 is 7. The second-order valence-electron chi connectivity index (χ2n) is 29.3. The van der Waals surface area contributed by atoms with Gasteiger partial charge in [0.15, 0.2) is 40.3 Å². The molecule has 0 bridgehead atoms. The fourth-order valence-corrected chi connectivity index (χ4v) is 16.1. The molecule has 14 aromatic rings. The number of nitrogens with zero attached hydrogens (tertiary/aromatic N) is 4. The van der Waals surface area contributed by atoms with Crippen LogP contribution in [0.4, 0.5) is 39.5 Å². The Balaban J connectivity index is 0.000000138. The number of aromatic hydroxyl groups is 2. The summed E-state index contributed by atoms with van der Waals surface area (Å²) in [5, 5.41) is 27.0. The first kappa shape index (κ1) is 91.9. The second-order valence-corrected chi connectivity index (χ2v) is 30.1. The average molecular weight is 1840 g/mol. The number of carbonyl (C=O) groups excluding carboxylic acids is 4. The molecular formula is C97H80BrClF9N5O15. The molecule has 3 aliphatic carbocycles. The van der Waals surface area contributed by atoms with Crippen LogP contribution in [0.5, 0.6) is 74.7 Å². The number of carbonyl (C=O) groups is 4. The van der Waals surface area contributed by atoms with Gasteiger partial charge in [-0.25, -0.2) is 0 Å². The van der Waals surface area contributed by atoms with Crippen molar-refractivity contribution in [3.63, 3.8) is 0 Å². The highest BCUT2D eigenvalue weighted by Gasteiger charge is 2.42. The molecular weight excluding hydrogens is 1760 g/mol. The summed E-state index contributed by atoms with van der Waals surface area (Å²) in [6.07, 6.45) is -4.31. The normalized spacial score (nSPS) is 14.0. The summed E-state index contributed by atoms with van der Waals surface area (Å²) >= 11 is 8.73. The molecule has 31 heteroatoms. The van der Waals surface area contributed by atoms with Gasteiger partial charge in [-0.05, 0) is 200 Å². The number of Topliss-reactive ketones (excluding diaryl/α,β-unsaturated/α-hetero) is 3. The largest absolute Gasteiger partial charge is 0.505 e. The molecule has 10 aromatic carbocycles. The Morgan fingerprint density at radius 1 is 0.375 bits per heavy atom. The van der Waals surface area contributed by atoms with Crippen molar-refractivity contribution in [1.29, 1.82) is 0 Å². The molecule has 3 N–H and O–H groups in total. The molecule has 0 fully saturated rings. The van der Waals surface area contributed by atoms with E-state index in [9.17, 15) is 68.9 Å². The minimum Gasteiger partial charge on any atom is -0.505 e. The number of ether oxygens (including phenoxy) is 9. The van der Waals surface area contributed by atoms with Gasteiger partial charge >= 0.3 is 18.5 Å². The number of ketones is 3. The number of phenolic OH excluding ortho intramolecular Hbond substituents is 2. The fraction of sp³-hybridized carbons (Fsp3) is 0.216. The molecule has 4 aliphatic rings. The first-order valence-electron chi connectivity index (χ1n) is 39.5. The van der Waals surface area contributed by atoms with Crippen molar-refractivity contribution < 1.29 is 112 Å². The first-order valence-corrected chi connectivity index (χ1v) is 41.2. The number of nitrogens with one attached hydrogen (secondary N) is 1. The Hall–Kier alpha value is -13.7. The number of rotatable bonds is 17. The standard InChI is InChI=1S/C28H22F3NO4.C21H16F3NO3.C19H16N2O4.C13H11NO3.C8H6BrF3.C8H9ClO/c1-34-19-9-11-20(12-10-19)36-27-23-22(26(35-2)21-4-3-13-32-24(21)27)15-17(25(23)33)14-16-5-7-18(8-6-16)28(29,30)31;1-28-20-14-3-2-8-25-17(14)19(27)16-15(20)10-12(18(16)26)9-11-4-6-13(7-5-11)21(22,23)24;1-23-11-5-7-12(8-6-11)25-18-15-14(10-21-19(15)22)17(24-2)13-4-3-9-20-16(13)18;1-17-13-7-4-5-9(15)10(7)12(16)11-8(13)3-2-6-14-11;9-5-6-1-3-7(4-2-6)8(10,11)12;1-10-8-4-2-7(6-9)3-5-8/h3-13,17H,14-15H2,1-2H3;2-8,12,27H,9-10H2,1H3;3-9H,10H2,1-2H3,(H,21,22);2-3,6,16H,4-5H2,1H3;1-4H,5H2;2-5H,6H2,1H3. The van der Waals surface area contributed by atoms with E-state index in [1.165, 1.54) is 49.7 Å². The van der Waals surface area contributed by atoms with Crippen LogP contribution in [0.2, 0.25) is 0 Å². The number of phenols is 2. The van der Waals surface area contributed by atoms with Gasteiger partial charge in [-0.2, -0.15) is 39.5 Å². The van der Waals surface area contributed by atoms with Crippen molar-refractivity contribution in [3.8, 4) is 74.7 Å². The number of hydrogen-bond acceptors (Lipinski definition) is 19. The predicted octanol–water partition coefficient (Wildman–Crippen LogP) is 22.6. The van der Waals surface area contributed by atoms with Gasteiger partial charge in [0.2, 0.25) is 0 Å². The number of hydrogen-bond donors (Lipinski definition) is 3. The summed E-state index contributed by atoms with van der Waals surface area (Å²) in [5.74, 6) is 5.29. The maximum absolute atomic E-state index is 13.7. The van der Waals surface area contributed by atoms with Crippen molar-refractivity contribution in [2.24, 2.45) is 11.8 Å². The number of alkyl halides is 11. The minimum atomic E-state index is -4.41. The minimum absolute atomic E-state index is 0.0149. The van der Waals surface area contributed by atoms with Crippen LogP contribution < -0.4 is 47.9 Å². The smallest absolute Gasteiger partial charge is 0.416 e. The van der Waals surface area contributed by atoms with Crippen molar-refractivity contribution in [1.82, 2.24) is 25.3 Å². The molecule has 1 amide bonds. The van der Waals surface area contributed by atoms with Gasteiger partial charge in [0.1, 0.15) is 73.8 Å². The quantitative estimate of drug-likeness (QED) is 0.0565. The molecule has 20 nitrogen and oxygen atoms in total. The zero-order chi connectivity index (χ0) is 91.5. The average Bonchev–Trinajstić information content (AvgIpc) is 1.58. The van der Waals surface area contributed by atoms with E-state index in [4.69, 9.17) is 54.2 Å². The SMILES string of the molecule is COc1c2c(c(O)c3ncccc13)C(=O)C(Cc1ccc(C(F)(F)F)cc1)C2.COc1c2c(c(O)c3ncccc13)C(=O)CC2.COc1ccc(CCl)cc1.COc1ccc(Oc2c3c(c(OC)c4cccnc24)CC(Cc2ccc(C(F)(F)F)cc2)C3=O)cc1.COc1ccc(Oc2c3c(c(OC)c4cccnc24)CNC3=O)cc1.FC(F)(F)c1ccc(CBr)cc1. The molecule has 18 rings (SSSR count). The summed E-state index contributed by atoms with van der Waals surface area (Å²) in [7, 11) is 11.0. The summed E-state index contributed by atoms with van der Waals surface area (Å²) in [6.45, 7) is 0.404. The van der Waals surface area contributed by atoms with Gasteiger partial charge in [-0.15, -0.1) is 11.6 Å². The van der Waals surface area contributed by atoms with E-state index in [2.05, 4.69) is 41.2 Å². The maximum Gasteiger partial charge on any atom is 0.416 e. The maximum atomic E-state index is 13.7. The van der Waals surface area contributed by atoms with Gasteiger partial charge in [-0.3, -0.25) is 39.1 Å². The van der Waals surface area contributed by atoms with Crippen LogP contribution in [0.15, 0.2) is 219 Å². The van der Waals surface area contributed by atoms with Crippen LogP contribution >= 0.6 is 27.5 Å². The summed E-state index contributed by atoms with van der Waals surface area (Å²) in [6, 6.07) is 51.1. The lowest BCUT2D eigenvalue weighted by molar-refractivity contribution is -0.138. The van der Waals surface area contributed by atoms with Gasteiger partial charge in [0, 0.05) is 105 Å². The molecule has 0 radical (unpaired) electrons. The van der Waals surface area contributed by atoms with Gasteiger partial charge < -0.3 is 58.2 Å². The molecule has 4 aromatic heterocycles. The predicted molar refractivity (Wildman–Crippen MR) is 466 cm³/mol. The number of fused-ring (bicyclic) bond motifs is 8. The Labute approximate surface area is 740 Å². The highest BCUT2D eigenvalue weighted by atomic mass is 79.9. The Morgan fingerprint density at radius 3 is 1.09 bits per heavy atom. The van der Waals surface area contributed by atoms with E-state index in [0.29, 0.717) is 173 Å². The number of benzene rings is 10. The van der Waals surface area contributed by atoms with Gasteiger partial charge in [0.05, 0.1) is 88.7 Å². The van der Waals surface area contributed by atoms with Crippen LogP contribution in [0.3, 0.4) is 0 Å². The molecule has 0 saturated carbocycles. The van der Waals surface area contributed by atoms with E-state index in [0.717, 1.165) is 80.9 Å². The lowest BCUT2D eigenvalue weighted by Crippen LogP contribution is -2.13. The Kier molecular flexibility index (Phi) is 28.6. The number of pyridine rings is 4. The van der Waals surface area contributed by atoms with Crippen LogP contribution in [0, 0.1) is 11.8 Å². The molecule has 2 atom stereocenters. The summed E-state index contributed by atoms with van der Waals surface area (Å²) < 4.78 is 163. The molecule has 1 aliphatic heterocycles. The van der Waals surface area contributed by atoms with Crippen molar-refractivity contribution >= 4 is 94.4 Å². The highest BCUT2D eigenvalue weighted by molar-refractivity contribution is 9.08. The number of halogens is 11. The third kappa shape index (κ3) is 19.9. The monoisotopic (exact) mass is 1840 g/mol. The van der Waals surface area contributed by atoms with Crippen molar-refractivity contribution in [2.75, 3.05) is 49.8 Å². The van der Waals surface area contributed by atoms with Crippen molar-refractivity contribution in [2.45, 2.75) is 74.8 Å². The van der Waals surface area contributed by atoms with E-state index in [-0.39, 0.29) is 46.7 Å². The van der Waals surface area contributed by atoms with E-state index >= 15 is 0 Å². The zero-order valence-corrected chi connectivity index (χ0v) is 71.8. The summed E-state index contributed by atoms with van der Waals surface area (Å²) in [5.41, 5.74) is 7.33. The Morgan fingerprint density at radius 2 is 0.703 bits per heavy atom. The third-order valence-corrected chi connectivity index (χ3v) is 22.6. The molecule has 0 spiro atoms. The van der Waals surface area contributed by atoms with Crippen LogP contribution in [0.25, 0.3) is 43.6 Å². The fourth-order valence-electron chi connectivity index (χ4n) is 15.5. The van der Waals surface area contributed by atoms with E-state index in [1.54, 1.807) is 134 Å². The van der Waals surface area contributed by atoms with E-state index in [1.807, 2.05) is 48.5 Å². The second kappa shape index (κ2) is 39.8. The molecule has 5 heterocycles. The summed E-state index contributed by atoms with van der Waals surface area (Å²) in [4.78, 5) is 68.0. The topological polar surface area (TPSA) is 255 Å². The third-order valence-electron chi connectivity index (χ3n) is 21.6. The lowest BCUT2D eigenvalue weighted by Gasteiger charge is -2.16. The zero-order valence-electron chi connectivity index (χ0n) is 69.5. The highest BCUT2D eigenvalue weighted by Crippen LogP contribution is 2.51. The number of amides is 1. The van der Waals surface area contributed by atoms with Crippen LogP contribution in [-0.4, -0.2) is 103 Å². The van der Waals surface area contributed by atoms with Gasteiger partial charge in [-0.1, -0.05) is 64.5 Å². The lowest BCUT2D eigenvalue weighted by atomic mass is 9.95. The van der Waals surface area contributed by atoms with Crippen molar-refractivity contribution in [3.05, 3.63) is 302 Å². The molecule has 2 unspecified atom stereocenters.